The molecule has 5 nitrogen and oxygen atoms in total. The Hall–Kier alpha value is -1.27. The molecule has 6 heteroatoms. The van der Waals surface area contributed by atoms with Gasteiger partial charge in [-0.25, -0.2) is 4.79 Å². The highest BCUT2D eigenvalue weighted by Gasteiger charge is 2.17. The maximum atomic E-state index is 12.1. The summed E-state index contributed by atoms with van der Waals surface area (Å²) in [5, 5.41) is 9.25. The number of carboxylic acid groups (broad SMARTS) is 1. The lowest BCUT2D eigenvalue weighted by Crippen LogP contribution is -2.37. The van der Waals surface area contributed by atoms with E-state index in [4.69, 9.17) is 0 Å². The zero-order chi connectivity index (χ0) is 14.7. The summed E-state index contributed by atoms with van der Waals surface area (Å²) in [6.45, 7) is 6.81. The average molecular weight is 296 g/mol. The van der Waals surface area contributed by atoms with Gasteiger partial charge in [-0.3, -0.25) is 9.69 Å². The zero-order valence-electron chi connectivity index (χ0n) is 11.9. The van der Waals surface area contributed by atoms with Gasteiger partial charge in [0.05, 0.1) is 5.56 Å². The number of hydrogen-bond acceptors (Lipinski definition) is 4. The Morgan fingerprint density at radius 3 is 2.55 bits per heavy atom. The monoisotopic (exact) mass is 296 g/mol. The van der Waals surface area contributed by atoms with E-state index in [0.29, 0.717) is 17.8 Å². The van der Waals surface area contributed by atoms with E-state index >= 15 is 0 Å². The number of pyridine rings is 1. The molecule has 1 aliphatic rings. The van der Waals surface area contributed by atoms with Crippen LogP contribution in [0.15, 0.2) is 10.9 Å². The Morgan fingerprint density at radius 1 is 1.30 bits per heavy atom. The van der Waals surface area contributed by atoms with Crippen molar-refractivity contribution in [3.05, 3.63) is 33.2 Å². The maximum absolute atomic E-state index is 12.1. The SMILES string of the molecule is Cc1cc(=O)n(CCN2CCSCC2)c(C)c1C(=O)O. The number of nitrogens with zero attached hydrogens (tertiary/aromatic N) is 2. The van der Waals surface area contributed by atoms with Gasteiger partial charge < -0.3 is 9.67 Å². The van der Waals surface area contributed by atoms with Crippen LogP contribution in [0.25, 0.3) is 0 Å². The number of rotatable bonds is 4. The van der Waals surface area contributed by atoms with Crippen LogP contribution in [-0.4, -0.2) is 51.7 Å². The molecule has 0 aliphatic carbocycles. The minimum Gasteiger partial charge on any atom is -0.478 e. The molecule has 20 heavy (non-hydrogen) atoms. The topological polar surface area (TPSA) is 62.5 Å². The standard InChI is InChI=1S/C14H20N2O3S/c1-10-9-12(17)16(11(2)13(10)14(18)19)4-3-15-5-7-20-8-6-15/h9H,3-8H2,1-2H3,(H,18,19). The van der Waals surface area contributed by atoms with Crippen LogP contribution < -0.4 is 5.56 Å². The summed E-state index contributed by atoms with van der Waals surface area (Å²) >= 11 is 1.95. The molecule has 1 aromatic heterocycles. The van der Waals surface area contributed by atoms with E-state index in [1.165, 1.54) is 6.07 Å². The van der Waals surface area contributed by atoms with Gasteiger partial charge in [-0.1, -0.05) is 0 Å². The van der Waals surface area contributed by atoms with Crippen LogP contribution in [-0.2, 0) is 6.54 Å². The molecule has 1 aliphatic heterocycles. The first-order valence-electron chi connectivity index (χ1n) is 6.75. The highest BCUT2D eigenvalue weighted by molar-refractivity contribution is 7.99. The van der Waals surface area contributed by atoms with E-state index in [1.54, 1.807) is 18.4 Å². The van der Waals surface area contributed by atoms with Crippen molar-refractivity contribution in [2.75, 3.05) is 31.1 Å². The predicted molar refractivity (Wildman–Crippen MR) is 80.9 cm³/mol. The average Bonchev–Trinajstić information content (AvgIpc) is 2.38. The van der Waals surface area contributed by atoms with E-state index in [0.717, 1.165) is 31.1 Å². The molecule has 0 radical (unpaired) electrons. The molecule has 0 bridgehead atoms. The van der Waals surface area contributed by atoms with Crippen LogP contribution in [0.4, 0.5) is 0 Å². The number of aromatic carboxylic acids is 1. The zero-order valence-corrected chi connectivity index (χ0v) is 12.7. The molecule has 0 atom stereocenters. The van der Waals surface area contributed by atoms with Crippen molar-refractivity contribution in [2.45, 2.75) is 20.4 Å². The molecule has 2 rings (SSSR count). The van der Waals surface area contributed by atoms with Gasteiger partial charge >= 0.3 is 5.97 Å². The van der Waals surface area contributed by atoms with Gasteiger partial charge in [-0.05, 0) is 19.4 Å². The molecule has 0 aromatic carbocycles. The fraction of sp³-hybridized carbons (Fsp3) is 0.571. The van der Waals surface area contributed by atoms with Crippen LogP contribution in [0.2, 0.25) is 0 Å². The number of thioether (sulfide) groups is 1. The molecule has 2 heterocycles. The summed E-state index contributed by atoms with van der Waals surface area (Å²) in [5.74, 6) is 1.28. The number of carbonyl (C=O) groups is 1. The van der Waals surface area contributed by atoms with Crippen LogP contribution in [0.5, 0.6) is 0 Å². The molecule has 0 amide bonds. The van der Waals surface area contributed by atoms with Gasteiger partial charge in [0.15, 0.2) is 0 Å². The largest absolute Gasteiger partial charge is 0.478 e. The van der Waals surface area contributed by atoms with Crippen molar-refractivity contribution in [2.24, 2.45) is 0 Å². The number of hydrogen-bond donors (Lipinski definition) is 1. The first kappa shape index (κ1) is 15.1. The van der Waals surface area contributed by atoms with Gasteiger partial charge in [0.25, 0.3) is 5.56 Å². The highest BCUT2D eigenvalue weighted by Crippen LogP contribution is 2.12. The molecule has 0 unspecified atom stereocenters. The van der Waals surface area contributed by atoms with Crippen molar-refractivity contribution in [1.29, 1.82) is 0 Å². The summed E-state index contributed by atoms with van der Waals surface area (Å²) in [5.41, 5.74) is 1.22. The van der Waals surface area contributed by atoms with Crippen LogP contribution in [0.1, 0.15) is 21.6 Å². The molecule has 1 fully saturated rings. The van der Waals surface area contributed by atoms with Crippen molar-refractivity contribution in [3.8, 4) is 0 Å². The molecule has 0 saturated carbocycles. The molecular formula is C14H20N2O3S. The molecule has 1 saturated heterocycles. The van der Waals surface area contributed by atoms with Gasteiger partial charge in [0, 0.05) is 49.4 Å². The molecular weight excluding hydrogens is 276 g/mol. The summed E-state index contributed by atoms with van der Waals surface area (Å²) in [6, 6.07) is 1.42. The number of aryl methyl sites for hydroxylation is 1. The smallest absolute Gasteiger partial charge is 0.337 e. The van der Waals surface area contributed by atoms with E-state index < -0.39 is 5.97 Å². The third-order valence-electron chi connectivity index (χ3n) is 3.72. The Bertz CT molecular complexity index is 562. The predicted octanol–water partition coefficient (Wildman–Crippen LogP) is 1.21. The molecule has 110 valence electrons. The van der Waals surface area contributed by atoms with Crippen molar-refractivity contribution in [3.63, 3.8) is 0 Å². The Morgan fingerprint density at radius 2 is 1.95 bits per heavy atom. The van der Waals surface area contributed by atoms with E-state index in [1.807, 2.05) is 11.8 Å². The van der Waals surface area contributed by atoms with E-state index in [-0.39, 0.29) is 11.1 Å². The lowest BCUT2D eigenvalue weighted by molar-refractivity contribution is 0.0694. The summed E-state index contributed by atoms with van der Waals surface area (Å²) in [6.07, 6.45) is 0. The second kappa shape index (κ2) is 6.45. The van der Waals surface area contributed by atoms with E-state index in [9.17, 15) is 14.7 Å². The van der Waals surface area contributed by atoms with Crippen molar-refractivity contribution >= 4 is 17.7 Å². The fourth-order valence-electron chi connectivity index (χ4n) is 2.59. The minimum atomic E-state index is -0.969. The second-order valence-electron chi connectivity index (χ2n) is 5.04. The van der Waals surface area contributed by atoms with Crippen LogP contribution in [0.3, 0.4) is 0 Å². The lowest BCUT2D eigenvalue weighted by Gasteiger charge is -2.26. The summed E-state index contributed by atoms with van der Waals surface area (Å²) < 4.78 is 1.58. The van der Waals surface area contributed by atoms with Crippen LogP contribution in [0, 0.1) is 13.8 Å². The number of aromatic nitrogens is 1. The Kier molecular flexibility index (Phi) is 4.88. The lowest BCUT2D eigenvalue weighted by atomic mass is 10.1. The first-order chi connectivity index (χ1) is 9.50. The highest BCUT2D eigenvalue weighted by atomic mass is 32.2. The molecule has 1 aromatic rings. The van der Waals surface area contributed by atoms with Gasteiger partial charge in [0.1, 0.15) is 0 Å². The van der Waals surface area contributed by atoms with E-state index in [2.05, 4.69) is 4.90 Å². The summed E-state index contributed by atoms with van der Waals surface area (Å²) in [4.78, 5) is 25.7. The van der Waals surface area contributed by atoms with Crippen LogP contribution >= 0.6 is 11.8 Å². The van der Waals surface area contributed by atoms with Crippen molar-refractivity contribution in [1.82, 2.24) is 9.47 Å². The van der Waals surface area contributed by atoms with Gasteiger partial charge in [-0.2, -0.15) is 11.8 Å². The quantitative estimate of drug-likeness (QED) is 0.905. The molecule has 0 spiro atoms. The second-order valence-corrected chi connectivity index (χ2v) is 6.26. The summed E-state index contributed by atoms with van der Waals surface area (Å²) in [7, 11) is 0. The fourth-order valence-corrected chi connectivity index (χ4v) is 3.57. The Labute approximate surface area is 122 Å². The minimum absolute atomic E-state index is 0.114. The van der Waals surface area contributed by atoms with Gasteiger partial charge in [0.2, 0.25) is 0 Å². The third kappa shape index (κ3) is 3.24. The first-order valence-corrected chi connectivity index (χ1v) is 7.90. The maximum Gasteiger partial charge on any atom is 0.337 e. The normalized spacial score (nSPS) is 16.3. The third-order valence-corrected chi connectivity index (χ3v) is 4.67. The van der Waals surface area contributed by atoms with Gasteiger partial charge in [-0.15, -0.1) is 0 Å². The molecule has 1 N–H and O–H groups in total. The van der Waals surface area contributed by atoms with Crippen molar-refractivity contribution < 1.29 is 9.90 Å². The Balaban J connectivity index is 2.20. The number of carboxylic acids is 1.